The third-order valence-corrected chi connectivity index (χ3v) is 5.50. The van der Waals surface area contributed by atoms with Crippen LogP contribution in [0.4, 0.5) is 5.69 Å². The van der Waals surface area contributed by atoms with Gasteiger partial charge in [-0.1, -0.05) is 36.4 Å². The SMILES string of the molecule is Cc1ccccc1CN1CCN(C(=O)CCCC(=O)Nc2ccccc2C#N)CC1. The van der Waals surface area contributed by atoms with Gasteiger partial charge in [-0.2, -0.15) is 5.26 Å². The Hall–Kier alpha value is -3.17. The Balaban J connectivity index is 1.37. The Labute approximate surface area is 178 Å². The third-order valence-electron chi connectivity index (χ3n) is 5.50. The Kier molecular flexibility index (Phi) is 7.58. The summed E-state index contributed by atoms with van der Waals surface area (Å²) in [5.41, 5.74) is 3.58. The van der Waals surface area contributed by atoms with E-state index in [1.807, 2.05) is 4.90 Å². The lowest BCUT2D eigenvalue weighted by molar-refractivity contribution is -0.133. The van der Waals surface area contributed by atoms with Crippen molar-refractivity contribution in [2.75, 3.05) is 31.5 Å². The smallest absolute Gasteiger partial charge is 0.224 e. The van der Waals surface area contributed by atoms with Crippen LogP contribution in [0, 0.1) is 18.3 Å². The first-order valence-corrected chi connectivity index (χ1v) is 10.4. The van der Waals surface area contributed by atoms with E-state index < -0.39 is 0 Å². The molecule has 1 fully saturated rings. The van der Waals surface area contributed by atoms with Crippen molar-refractivity contribution in [2.24, 2.45) is 0 Å². The van der Waals surface area contributed by atoms with Crippen molar-refractivity contribution in [1.29, 1.82) is 5.26 Å². The topological polar surface area (TPSA) is 76.4 Å². The first-order chi connectivity index (χ1) is 14.6. The Morgan fingerprint density at radius 2 is 1.70 bits per heavy atom. The standard InChI is InChI=1S/C24H28N4O2/c1-19-7-2-3-9-21(19)18-27-13-15-28(16-14-27)24(30)12-6-11-23(29)26-22-10-5-4-8-20(22)17-25/h2-5,7-10H,6,11-16,18H2,1H3,(H,26,29). The minimum Gasteiger partial charge on any atom is -0.340 e. The van der Waals surface area contributed by atoms with Crippen LogP contribution in [0.25, 0.3) is 0 Å². The normalized spacial score (nSPS) is 14.2. The van der Waals surface area contributed by atoms with Crippen LogP contribution in [0.3, 0.4) is 0 Å². The van der Waals surface area contributed by atoms with Crippen molar-refractivity contribution in [3.05, 3.63) is 65.2 Å². The van der Waals surface area contributed by atoms with Crippen LogP contribution in [-0.2, 0) is 16.1 Å². The van der Waals surface area contributed by atoms with Crippen LogP contribution in [0.15, 0.2) is 48.5 Å². The van der Waals surface area contributed by atoms with Gasteiger partial charge in [-0.05, 0) is 36.6 Å². The monoisotopic (exact) mass is 404 g/mol. The van der Waals surface area contributed by atoms with E-state index in [1.165, 1.54) is 11.1 Å². The predicted octanol–water partition coefficient (Wildman–Crippen LogP) is 3.32. The van der Waals surface area contributed by atoms with E-state index in [-0.39, 0.29) is 18.2 Å². The summed E-state index contributed by atoms with van der Waals surface area (Å²) in [6.07, 6.45) is 1.13. The number of anilines is 1. The second kappa shape index (κ2) is 10.6. The fourth-order valence-corrected chi connectivity index (χ4v) is 3.64. The van der Waals surface area contributed by atoms with E-state index in [4.69, 9.17) is 5.26 Å². The molecule has 1 aliphatic heterocycles. The molecule has 0 bridgehead atoms. The summed E-state index contributed by atoms with van der Waals surface area (Å²) in [4.78, 5) is 28.9. The molecule has 2 aromatic carbocycles. The number of nitrogens with zero attached hydrogens (tertiary/aromatic N) is 3. The van der Waals surface area contributed by atoms with Crippen molar-refractivity contribution >= 4 is 17.5 Å². The van der Waals surface area contributed by atoms with E-state index in [2.05, 4.69) is 47.5 Å². The summed E-state index contributed by atoms with van der Waals surface area (Å²) >= 11 is 0. The molecule has 0 saturated carbocycles. The number of nitrogens with one attached hydrogen (secondary N) is 1. The third kappa shape index (κ3) is 5.91. The summed E-state index contributed by atoms with van der Waals surface area (Å²) in [7, 11) is 0. The maximum atomic E-state index is 12.5. The predicted molar refractivity (Wildman–Crippen MR) is 117 cm³/mol. The Morgan fingerprint density at radius 3 is 2.43 bits per heavy atom. The summed E-state index contributed by atoms with van der Waals surface area (Å²) < 4.78 is 0. The molecule has 1 N–H and O–H groups in total. The van der Waals surface area contributed by atoms with Crippen molar-refractivity contribution in [1.82, 2.24) is 9.80 Å². The van der Waals surface area contributed by atoms with Gasteiger partial charge in [0.1, 0.15) is 6.07 Å². The highest BCUT2D eigenvalue weighted by Crippen LogP contribution is 2.15. The molecule has 0 atom stereocenters. The van der Waals surface area contributed by atoms with E-state index >= 15 is 0 Å². The van der Waals surface area contributed by atoms with Gasteiger partial charge in [0.15, 0.2) is 0 Å². The number of carbonyl (C=O) groups is 2. The first kappa shape index (κ1) is 21.5. The molecule has 1 heterocycles. The number of nitriles is 1. The van der Waals surface area contributed by atoms with Crippen molar-refractivity contribution in [3.8, 4) is 6.07 Å². The molecule has 2 amide bonds. The van der Waals surface area contributed by atoms with Gasteiger partial charge in [0, 0.05) is 45.6 Å². The fourth-order valence-electron chi connectivity index (χ4n) is 3.64. The number of hydrogen-bond donors (Lipinski definition) is 1. The fraction of sp³-hybridized carbons (Fsp3) is 0.375. The zero-order chi connectivity index (χ0) is 21.3. The summed E-state index contributed by atoms with van der Waals surface area (Å²) in [6.45, 7) is 6.24. The molecule has 6 heteroatoms. The molecule has 1 aliphatic rings. The van der Waals surface area contributed by atoms with Crippen LogP contribution in [-0.4, -0.2) is 47.8 Å². The van der Waals surface area contributed by atoms with Crippen LogP contribution >= 0.6 is 0 Å². The summed E-state index contributed by atoms with van der Waals surface area (Å²) in [5, 5.41) is 11.8. The quantitative estimate of drug-likeness (QED) is 0.768. The Morgan fingerprint density at radius 1 is 1.00 bits per heavy atom. The van der Waals surface area contributed by atoms with Gasteiger partial charge >= 0.3 is 0 Å². The van der Waals surface area contributed by atoms with Gasteiger partial charge in [-0.15, -0.1) is 0 Å². The summed E-state index contributed by atoms with van der Waals surface area (Å²) in [5.74, 6) is -0.0654. The van der Waals surface area contributed by atoms with Crippen molar-refractivity contribution in [2.45, 2.75) is 32.7 Å². The van der Waals surface area contributed by atoms with Gasteiger partial charge in [0.05, 0.1) is 11.3 Å². The Bertz CT molecular complexity index is 927. The molecular formula is C24H28N4O2. The van der Waals surface area contributed by atoms with Gasteiger partial charge < -0.3 is 10.2 Å². The van der Waals surface area contributed by atoms with Crippen molar-refractivity contribution < 1.29 is 9.59 Å². The van der Waals surface area contributed by atoms with Gasteiger partial charge in [0.25, 0.3) is 0 Å². The van der Waals surface area contributed by atoms with Crippen LogP contribution in [0.2, 0.25) is 0 Å². The maximum absolute atomic E-state index is 12.5. The molecule has 3 rings (SSSR count). The molecule has 0 radical (unpaired) electrons. The lowest BCUT2D eigenvalue weighted by atomic mass is 10.1. The molecule has 6 nitrogen and oxygen atoms in total. The number of amides is 2. The number of para-hydroxylation sites is 1. The summed E-state index contributed by atoms with van der Waals surface area (Å²) in [6, 6.07) is 17.4. The lowest BCUT2D eigenvalue weighted by Gasteiger charge is -2.35. The molecule has 2 aromatic rings. The number of aryl methyl sites for hydroxylation is 1. The number of rotatable bonds is 7. The molecule has 0 spiro atoms. The molecule has 0 unspecified atom stereocenters. The number of piperazine rings is 1. The van der Waals surface area contributed by atoms with Crippen LogP contribution in [0.5, 0.6) is 0 Å². The zero-order valence-corrected chi connectivity index (χ0v) is 17.4. The second-order valence-electron chi connectivity index (χ2n) is 7.64. The van der Waals surface area contributed by atoms with Gasteiger partial charge in [-0.3, -0.25) is 14.5 Å². The van der Waals surface area contributed by atoms with E-state index in [1.54, 1.807) is 24.3 Å². The average Bonchev–Trinajstić information content (AvgIpc) is 2.76. The van der Waals surface area contributed by atoms with E-state index in [0.29, 0.717) is 24.1 Å². The highest BCUT2D eigenvalue weighted by molar-refractivity contribution is 5.92. The first-order valence-electron chi connectivity index (χ1n) is 10.4. The second-order valence-corrected chi connectivity index (χ2v) is 7.64. The van der Waals surface area contributed by atoms with Crippen molar-refractivity contribution in [3.63, 3.8) is 0 Å². The molecule has 1 saturated heterocycles. The molecule has 0 aliphatic carbocycles. The van der Waals surface area contributed by atoms with Crippen LogP contribution < -0.4 is 5.32 Å². The maximum Gasteiger partial charge on any atom is 0.224 e. The number of carbonyl (C=O) groups excluding carboxylic acids is 2. The lowest BCUT2D eigenvalue weighted by Crippen LogP contribution is -2.48. The largest absolute Gasteiger partial charge is 0.340 e. The van der Waals surface area contributed by atoms with Gasteiger partial charge in [-0.25, -0.2) is 0 Å². The van der Waals surface area contributed by atoms with Gasteiger partial charge in [0.2, 0.25) is 11.8 Å². The number of benzene rings is 2. The van der Waals surface area contributed by atoms with E-state index in [0.717, 1.165) is 32.7 Å². The molecule has 30 heavy (non-hydrogen) atoms. The van der Waals surface area contributed by atoms with E-state index in [9.17, 15) is 9.59 Å². The average molecular weight is 405 g/mol. The minimum absolute atomic E-state index is 0.107. The van der Waals surface area contributed by atoms with Crippen LogP contribution in [0.1, 0.15) is 36.0 Å². The highest BCUT2D eigenvalue weighted by atomic mass is 16.2. The molecular weight excluding hydrogens is 376 g/mol. The zero-order valence-electron chi connectivity index (χ0n) is 17.4. The highest BCUT2D eigenvalue weighted by Gasteiger charge is 2.21. The molecule has 156 valence electrons. The minimum atomic E-state index is -0.173. The number of hydrogen-bond acceptors (Lipinski definition) is 4. The molecule has 0 aromatic heterocycles.